The van der Waals surface area contributed by atoms with Gasteiger partial charge in [0.25, 0.3) is 5.91 Å². The molecule has 0 radical (unpaired) electrons. The Morgan fingerprint density at radius 2 is 2.18 bits per heavy atom. The van der Waals surface area contributed by atoms with Crippen LogP contribution in [0.3, 0.4) is 0 Å². The molecule has 0 aromatic carbocycles. The molecule has 1 aromatic heterocycles. The summed E-state index contributed by atoms with van der Waals surface area (Å²) in [5.74, 6) is 0.0383. The van der Waals surface area contributed by atoms with Crippen LogP contribution in [0, 0.1) is 5.41 Å². The molecule has 3 rings (SSSR count). The Balaban J connectivity index is 1.62. The van der Waals surface area contributed by atoms with Gasteiger partial charge in [0.05, 0.1) is 24.0 Å². The molecule has 1 spiro atoms. The number of carbonyl (C=O) groups is 1. The summed E-state index contributed by atoms with van der Waals surface area (Å²) in [6.07, 6.45) is 5.65. The van der Waals surface area contributed by atoms with Crippen molar-refractivity contribution in [1.29, 1.82) is 0 Å². The summed E-state index contributed by atoms with van der Waals surface area (Å²) in [5.41, 5.74) is 0.508. The van der Waals surface area contributed by atoms with E-state index in [0.29, 0.717) is 25.3 Å². The Labute approximate surface area is 131 Å². The quantitative estimate of drug-likeness (QED) is 0.910. The predicted molar refractivity (Wildman–Crippen MR) is 81.5 cm³/mol. The first-order chi connectivity index (χ1) is 10.6. The van der Waals surface area contributed by atoms with Gasteiger partial charge in [-0.25, -0.2) is 0 Å². The molecule has 2 fully saturated rings. The molecule has 122 valence electrons. The van der Waals surface area contributed by atoms with Gasteiger partial charge in [-0.2, -0.15) is 5.10 Å². The third kappa shape index (κ3) is 2.44. The Kier molecular flexibility index (Phi) is 4.23. The number of aliphatic hydroxyl groups excluding tert-OH is 1. The monoisotopic (exact) mass is 307 g/mol. The van der Waals surface area contributed by atoms with Gasteiger partial charge in [0.1, 0.15) is 0 Å². The Morgan fingerprint density at radius 3 is 2.73 bits per heavy atom. The number of amides is 1. The molecular weight excluding hydrogens is 282 g/mol. The second-order valence-corrected chi connectivity index (χ2v) is 6.31. The van der Waals surface area contributed by atoms with Crippen molar-refractivity contribution in [3.63, 3.8) is 0 Å². The SMILES string of the molecule is CCO[C@@H]1C[C@H](O)C12CCN(C(=O)c1cnn(CC)c1)CC2. The summed E-state index contributed by atoms with van der Waals surface area (Å²) in [6, 6.07) is 0. The predicted octanol–water partition coefficient (Wildman–Crippen LogP) is 1.30. The highest BCUT2D eigenvalue weighted by Gasteiger charge is 2.56. The van der Waals surface area contributed by atoms with Crippen LogP contribution in [0.25, 0.3) is 0 Å². The largest absolute Gasteiger partial charge is 0.392 e. The van der Waals surface area contributed by atoms with Crippen LogP contribution in [-0.4, -0.2) is 57.6 Å². The molecule has 2 aliphatic rings. The maximum absolute atomic E-state index is 12.5. The number of aliphatic hydroxyl groups is 1. The standard InChI is InChI=1S/C16H25N3O3/c1-3-19-11-12(10-17-19)15(21)18-7-5-16(6-8-18)13(20)9-14(16)22-4-2/h10-11,13-14,20H,3-9H2,1-2H3/t13-,14+/m0/s1. The Morgan fingerprint density at radius 1 is 1.45 bits per heavy atom. The second kappa shape index (κ2) is 6.01. The molecule has 6 nitrogen and oxygen atoms in total. The van der Waals surface area contributed by atoms with E-state index >= 15 is 0 Å². The van der Waals surface area contributed by atoms with Gasteiger partial charge in [-0.1, -0.05) is 0 Å². The van der Waals surface area contributed by atoms with Gasteiger partial charge in [-0.3, -0.25) is 9.48 Å². The number of piperidine rings is 1. The van der Waals surface area contributed by atoms with Crippen LogP contribution in [0.2, 0.25) is 0 Å². The molecule has 2 atom stereocenters. The van der Waals surface area contributed by atoms with Crippen molar-refractivity contribution in [1.82, 2.24) is 14.7 Å². The summed E-state index contributed by atoms with van der Waals surface area (Å²) < 4.78 is 7.53. The lowest BCUT2D eigenvalue weighted by molar-refractivity contribution is -0.207. The smallest absolute Gasteiger partial charge is 0.257 e. The van der Waals surface area contributed by atoms with Gasteiger partial charge in [-0.05, 0) is 26.7 Å². The summed E-state index contributed by atoms with van der Waals surface area (Å²) in [7, 11) is 0. The summed E-state index contributed by atoms with van der Waals surface area (Å²) in [4.78, 5) is 14.4. The summed E-state index contributed by atoms with van der Waals surface area (Å²) in [6.45, 7) is 6.78. The highest BCUT2D eigenvalue weighted by Crippen LogP contribution is 2.51. The Bertz CT molecular complexity index is 532. The molecule has 0 unspecified atom stereocenters. The molecule has 1 aliphatic heterocycles. The highest BCUT2D eigenvalue weighted by molar-refractivity contribution is 5.93. The molecule has 1 aromatic rings. The van der Waals surface area contributed by atoms with Crippen molar-refractivity contribution in [3.05, 3.63) is 18.0 Å². The van der Waals surface area contributed by atoms with Crippen LogP contribution in [0.5, 0.6) is 0 Å². The van der Waals surface area contributed by atoms with E-state index in [1.807, 2.05) is 18.7 Å². The lowest BCUT2D eigenvalue weighted by Gasteiger charge is -2.56. The average molecular weight is 307 g/mol. The van der Waals surface area contributed by atoms with Crippen molar-refractivity contribution in [3.8, 4) is 0 Å². The second-order valence-electron chi connectivity index (χ2n) is 6.31. The van der Waals surface area contributed by atoms with Gasteiger partial charge in [0.2, 0.25) is 0 Å². The highest BCUT2D eigenvalue weighted by atomic mass is 16.5. The Hall–Kier alpha value is -1.40. The minimum atomic E-state index is -0.288. The minimum absolute atomic E-state index is 0.0383. The van der Waals surface area contributed by atoms with E-state index in [4.69, 9.17) is 4.74 Å². The van der Waals surface area contributed by atoms with Crippen molar-refractivity contribution >= 4 is 5.91 Å². The fourth-order valence-corrected chi connectivity index (χ4v) is 3.77. The maximum atomic E-state index is 12.5. The van der Waals surface area contributed by atoms with Crippen LogP contribution >= 0.6 is 0 Å². The van der Waals surface area contributed by atoms with E-state index in [9.17, 15) is 9.90 Å². The molecule has 1 aliphatic carbocycles. The number of hydrogen-bond donors (Lipinski definition) is 1. The first-order valence-corrected chi connectivity index (χ1v) is 8.22. The lowest BCUT2D eigenvalue weighted by atomic mass is 9.58. The van der Waals surface area contributed by atoms with Crippen molar-refractivity contribution in [2.45, 2.75) is 51.9 Å². The number of rotatable bonds is 4. The number of ether oxygens (including phenoxy) is 1. The zero-order chi connectivity index (χ0) is 15.7. The van der Waals surface area contributed by atoms with Gasteiger partial charge in [0, 0.05) is 44.3 Å². The number of aromatic nitrogens is 2. The maximum Gasteiger partial charge on any atom is 0.257 e. The molecule has 1 N–H and O–H groups in total. The van der Waals surface area contributed by atoms with Crippen LogP contribution in [0.15, 0.2) is 12.4 Å². The molecule has 0 bridgehead atoms. The molecular formula is C16H25N3O3. The van der Waals surface area contributed by atoms with E-state index in [2.05, 4.69) is 5.10 Å². The molecule has 6 heteroatoms. The van der Waals surface area contributed by atoms with E-state index in [-0.39, 0.29) is 23.5 Å². The van der Waals surface area contributed by atoms with E-state index in [1.165, 1.54) is 0 Å². The van der Waals surface area contributed by atoms with Gasteiger partial charge in [0.15, 0.2) is 0 Å². The topological polar surface area (TPSA) is 67.6 Å². The summed E-state index contributed by atoms with van der Waals surface area (Å²) >= 11 is 0. The first kappa shape index (κ1) is 15.5. The van der Waals surface area contributed by atoms with Crippen LogP contribution in [0.1, 0.15) is 43.5 Å². The average Bonchev–Trinajstić information content (AvgIpc) is 3.03. The summed E-state index contributed by atoms with van der Waals surface area (Å²) in [5, 5.41) is 14.4. The molecule has 1 saturated carbocycles. The first-order valence-electron chi connectivity index (χ1n) is 8.22. The van der Waals surface area contributed by atoms with E-state index < -0.39 is 0 Å². The number of hydrogen-bond acceptors (Lipinski definition) is 4. The molecule has 22 heavy (non-hydrogen) atoms. The fourth-order valence-electron chi connectivity index (χ4n) is 3.77. The molecule has 2 heterocycles. The number of carbonyl (C=O) groups excluding carboxylic acids is 1. The number of nitrogens with zero attached hydrogens (tertiary/aromatic N) is 3. The van der Waals surface area contributed by atoms with Gasteiger partial charge >= 0.3 is 0 Å². The van der Waals surface area contributed by atoms with Crippen LogP contribution in [0.4, 0.5) is 0 Å². The van der Waals surface area contributed by atoms with Crippen molar-refractivity contribution in [2.24, 2.45) is 5.41 Å². The van der Waals surface area contributed by atoms with Crippen LogP contribution < -0.4 is 0 Å². The van der Waals surface area contributed by atoms with E-state index in [1.54, 1.807) is 17.1 Å². The zero-order valence-electron chi connectivity index (χ0n) is 13.4. The third-order valence-electron chi connectivity index (χ3n) is 5.30. The third-order valence-corrected chi connectivity index (χ3v) is 5.30. The molecule has 1 amide bonds. The minimum Gasteiger partial charge on any atom is -0.392 e. The lowest BCUT2D eigenvalue weighted by Crippen LogP contribution is -2.62. The number of likely N-dealkylation sites (tertiary alicyclic amines) is 1. The van der Waals surface area contributed by atoms with Crippen molar-refractivity contribution in [2.75, 3.05) is 19.7 Å². The van der Waals surface area contributed by atoms with E-state index in [0.717, 1.165) is 25.8 Å². The van der Waals surface area contributed by atoms with Gasteiger partial charge in [-0.15, -0.1) is 0 Å². The fraction of sp³-hybridized carbons (Fsp3) is 0.750. The zero-order valence-corrected chi connectivity index (χ0v) is 13.4. The molecule has 1 saturated heterocycles. The normalized spacial score (nSPS) is 27.0. The van der Waals surface area contributed by atoms with Crippen LogP contribution in [-0.2, 0) is 11.3 Å². The van der Waals surface area contributed by atoms with Gasteiger partial charge < -0.3 is 14.7 Å². The van der Waals surface area contributed by atoms with Crippen molar-refractivity contribution < 1.29 is 14.6 Å². The number of aryl methyl sites for hydroxylation is 1.